The third-order valence-corrected chi connectivity index (χ3v) is 4.17. The molecule has 0 bridgehead atoms. The SMILES string of the molecule is NC1CN(Cc2ccccc2)CCC1CBr. The summed E-state index contributed by atoms with van der Waals surface area (Å²) in [6, 6.07) is 10.9. The molecular formula is C13H19BrN2. The van der Waals surface area contributed by atoms with Crippen molar-refractivity contribution in [2.24, 2.45) is 11.7 Å². The standard InChI is InChI=1S/C13H19BrN2/c14-8-12-6-7-16(10-13(12)15)9-11-4-2-1-3-5-11/h1-5,12-13H,6-10,15H2. The van der Waals surface area contributed by atoms with Crippen molar-refractivity contribution in [2.75, 3.05) is 18.4 Å². The van der Waals surface area contributed by atoms with Crippen LogP contribution in [0.2, 0.25) is 0 Å². The molecule has 0 amide bonds. The van der Waals surface area contributed by atoms with Crippen LogP contribution in [0.15, 0.2) is 30.3 Å². The number of hydrogen-bond acceptors (Lipinski definition) is 2. The maximum Gasteiger partial charge on any atom is 0.0234 e. The molecule has 1 aliphatic heterocycles. The third kappa shape index (κ3) is 3.06. The van der Waals surface area contributed by atoms with Crippen LogP contribution in [0.5, 0.6) is 0 Å². The molecule has 2 atom stereocenters. The van der Waals surface area contributed by atoms with Gasteiger partial charge in [0.25, 0.3) is 0 Å². The van der Waals surface area contributed by atoms with Gasteiger partial charge in [0, 0.05) is 24.5 Å². The number of rotatable bonds is 3. The first-order valence-electron chi connectivity index (χ1n) is 5.87. The second-order valence-corrected chi connectivity index (χ2v) is 5.24. The van der Waals surface area contributed by atoms with Crippen molar-refractivity contribution in [1.29, 1.82) is 0 Å². The molecule has 0 radical (unpaired) electrons. The van der Waals surface area contributed by atoms with Crippen LogP contribution in [0.3, 0.4) is 0 Å². The lowest BCUT2D eigenvalue weighted by atomic mass is 9.94. The summed E-state index contributed by atoms with van der Waals surface area (Å²) in [4.78, 5) is 2.46. The highest BCUT2D eigenvalue weighted by atomic mass is 79.9. The van der Waals surface area contributed by atoms with Gasteiger partial charge in [0.2, 0.25) is 0 Å². The molecule has 1 saturated heterocycles. The van der Waals surface area contributed by atoms with Gasteiger partial charge in [-0.3, -0.25) is 4.90 Å². The zero-order valence-electron chi connectivity index (χ0n) is 9.48. The van der Waals surface area contributed by atoms with Gasteiger partial charge in [0.05, 0.1) is 0 Å². The fraction of sp³-hybridized carbons (Fsp3) is 0.538. The van der Waals surface area contributed by atoms with Gasteiger partial charge in [-0.05, 0) is 24.4 Å². The predicted molar refractivity (Wildman–Crippen MR) is 71.6 cm³/mol. The summed E-state index contributed by atoms with van der Waals surface area (Å²) in [5.41, 5.74) is 7.54. The molecule has 2 unspecified atom stereocenters. The molecule has 0 aromatic heterocycles. The average molecular weight is 283 g/mol. The fourth-order valence-electron chi connectivity index (χ4n) is 2.28. The molecule has 16 heavy (non-hydrogen) atoms. The Morgan fingerprint density at radius 1 is 1.31 bits per heavy atom. The molecule has 1 aromatic rings. The van der Waals surface area contributed by atoms with E-state index in [1.165, 1.54) is 18.5 Å². The minimum absolute atomic E-state index is 0.317. The van der Waals surface area contributed by atoms with Crippen LogP contribution in [-0.2, 0) is 6.54 Å². The van der Waals surface area contributed by atoms with Crippen LogP contribution in [-0.4, -0.2) is 29.4 Å². The Morgan fingerprint density at radius 2 is 2.06 bits per heavy atom. The first-order chi connectivity index (χ1) is 7.79. The molecular weight excluding hydrogens is 264 g/mol. The number of nitrogens with zero attached hydrogens (tertiary/aromatic N) is 1. The van der Waals surface area contributed by atoms with Gasteiger partial charge in [-0.25, -0.2) is 0 Å². The first kappa shape index (κ1) is 12.1. The molecule has 2 N–H and O–H groups in total. The lowest BCUT2D eigenvalue weighted by Crippen LogP contribution is -2.48. The molecule has 1 aliphatic rings. The van der Waals surface area contributed by atoms with Crippen LogP contribution in [0.1, 0.15) is 12.0 Å². The summed E-state index contributed by atoms with van der Waals surface area (Å²) in [6.45, 7) is 3.22. The monoisotopic (exact) mass is 282 g/mol. The maximum absolute atomic E-state index is 6.16. The van der Waals surface area contributed by atoms with Crippen molar-refractivity contribution in [1.82, 2.24) is 4.90 Å². The third-order valence-electron chi connectivity index (χ3n) is 3.34. The lowest BCUT2D eigenvalue weighted by molar-refractivity contribution is 0.164. The lowest BCUT2D eigenvalue weighted by Gasteiger charge is -2.36. The van der Waals surface area contributed by atoms with Crippen LogP contribution in [0.4, 0.5) is 0 Å². The number of halogens is 1. The van der Waals surface area contributed by atoms with E-state index in [0.29, 0.717) is 12.0 Å². The number of benzene rings is 1. The molecule has 1 fully saturated rings. The van der Waals surface area contributed by atoms with Gasteiger partial charge in [-0.2, -0.15) is 0 Å². The molecule has 2 rings (SSSR count). The predicted octanol–water partition coefficient (Wildman–Crippen LogP) is 2.23. The van der Waals surface area contributed by atoms with Crippen molar-refractivity contribution in [3.8, 4) is 0 Å². The number of piperidine rings is 1. The summed E-state index contributed by atoms with van der Waals surface area (Å²) >= 11 is 3.54. The van der Waals surface area contributed by atoms with E-state index in [1.54, 1.807) is 0 Å². The molecule has 0 aliphatic carbocycles. The summed E-state index contributed by atoms with van der Waals surface area (Å²) in [7, 11) is 0. The summed E-state index contributed by atoms with van der Waals surface area (Å²) in [6.07, 6.45) is 1.21. The largest absolute Gasteiger partial charge is 0.326 e. The molecule has 1 heterocycles. The van der Waals surface area contributed by atoms with Crippen molar-refractivity contribution in [3.63, 3.8) is 0 Å². The normalized spacial score (nSPS) is 26.9. The van der Waals surface area contributed by atoms with Gasteiger partial charge < -0.3 is 5.73 Å². The van der Waals surface area contributed by atoms with Crippen LogP contribution >= 0.6 is 15.9 Å². The minimum Gasteiger partial charge on any atom is -0.326 e. The summed E-state index contributed by atoms with van der Waals surface area (Å²) < 4.78 is 0. The van der Waals surface area contributed by atoms with Crippen LogP contribution in [0, 0.1) is 5.92 Å². The Labute approximate surface area is 106 Å². The van der Waals surface area contributed by atoms with Gasteiger partial charge in [0.15, 0.2) is 0 Å². The van der Waals surface area contributed by atoms with Crippen molar-refractivity contribution >= 4 is 15.9 Å². The van der Waals surface area contributed by atoms with E-state index in [9.17, 15) is 0 Å². The summed E-state index contributed by atoms with van der Waals surface area (Å²) in [5, 5.41) is 1.04. The maximum atomic E-state index is 6.16. The topological polar surface area (TPSA) is 29.3 Å². The zero-order valence-corrected chi connectivity index (χ0v) is 11.1. The molecule has 2 nitrogen and oxygen atoms in total. The van der Waals surface area contributed by atoms with E-state index in [2.05, 4.69) is 51.2 Å². The van der Waals surface area contributed by atoms with Crippen molar-refractivity contribution in [3.05, 3.63) is 35.9 Å². The Hall–Kier alpha value is -0.380. The fourth-order valence-corrected chi connectivity index (χ4v) is 3.08. The molecule has 0 saturated carbocycles. The Balaban J connectivity index is 1.89. The van der Waals surface area contributed by atoms with Gasteiger partial charge in [-0.15, -0.1) is 0 Å². The summed E-state index contributed by atoms with van der Waals surface area (Å²) in [5.74, 6) is 0.645. The van der Waals surface area contributed by atoms with Crippen molar-refractivity contribution < 1.29 is 0 Å². The van der Waals surface area contributed by atoms with E-state index in [4.69, 9.17) is 5.73 Å². The second-order valence-electron chi connectivity index (χ2n) is 4.59. The minimum atomic E-state index is 0.317. The van der Waals surface area contributed by atoms with Crippen LogP contribution in [0.25, 0.3) is 0 Å². The molecule has 1 aromatic carbocycles. The van der Waals surface area contributed by atoms with Gasteiger partial charge >= 0.3 is 0 Å². The van der Waals surface area contributed by atoms with Crippen LogP contribution < -0.4 is 5.73 Å². The Morgan fingerprint density at radius 3 is 2.69 bits per heavy atom. The smallest absolute Gasteiger partial charge is 0.0234 e. The number of nitrogens with two attached hydrogens (primary N) is 1. The highest BCUT2D eigenvalue weighted by molar-refractivity contribution is 9.09. The zero-order chi connectivity index (χ0) is 11.4. The van der Waals surface area contributed by atoms with Crippen molar-refractivity contribution in [2.45, 2.75) is 19.0 Å². The Bertz CT molecular complexity index is 315. The van der Waals surface area contributed by atoms with Gasteiger partial charge in [-0.1, -0.05) is 46.3 Å². The average Bonchev–Trinajstić information content (AvgIpc) is 2.31. The quantitative estimate of drug-likeness (QED) is 0.862. The molecule has 88 valence electrons. The van der Waals surface area contributed by atoms with Gasteiger partial charge in [0.1, 0.15) is 0 Å². The van der Waals surface area contributed by atoms with E-state index in [-0.39, 0.29) is 0 Å². The second kappa shape index (κ2) is 5.80. The van der Waals surface area contributed by atoms with E-state index in [0.717, 1.165) is 18.4 Å². The van der Waals surface area contributed by atoms with E-state index in [1.807, 2.05) is 0 Å². The highest BCUT2D eigenvalue weighted by Gasteiger charge is 2.25. The first-order valence-corrected chi connectivity index (χ1v) is 6.99. The molecule has 0 spiro atoms. The number of likely N-dealkylation sites (tertiary alicyclic amines) is 1. The number of alkyl halides is 1. The number of hydrogen-bond donors (Lipinski definition) is 1. The highest BCUT2D eigenvalue weighted by Crippen LogP contribution is 2.19. The molecule has 3 heteroatoms. The Kier molecular flexibility index (Phi) is 4.38. The van der Waals surface area contributed by atoms with E-state index >= 15 is 0 Å². The van der Waals surface area contributed by atoms with E-state index < -0.39 is 0 Å².